The Morgan fingerprint density at radius 1 is 1.33 bits per heavy atom. The first-order chi connectivity index (χ1) is 9.49. The smallest absolute Gasteiger partial charge is 0.433 e. The van der Waals surface area contributed by atoms with Crippen molar-refractivity contribution in [2.45, 2.75) is 25.8 Å². The number of aliphatic carboxylic acids is 1. The Morgan fingerprint density at radius 3 is 2.43 bits per heavy atom. The average molecular weight is 313 g/mol. The van der Waals surface area contributed by atoms with E-state index in [4.69, 9.17) is 5.11 Å². The molecule has 0 aliphatic carbocycles. The summed E-state index contributed by atoms with van der Waals surface area (Å²) in [6.07, 6.45) is -2.54. The zero-order valence-electron chi connectivity index (χ0n) is 11.7. The number of hydrogen-bond donors (Lipinski definition) is 1. The molecule has 0 atom stereocenters. The summed E-state index contributed by atoms with van der Waals surface area (Å²) in [7, 11) is -1.79. The van der Waals surface area contributed by atoms with Gasteiger partial charge in [0.1, 0.15) is 19.5 Å². The molecule has 0 fully saturated rings. The molecule has 0 aliphatic heterocycles. The number of carboxylic acids is 1. The number of hydrogen-bond acceptors (Lipinski definition) is 2. The Balaban J connectivity index is 3.37. The molecule has 0 aromatic carbocycles. The predicted octanol–water partition coefficient (Wildman–Crippen LogP) is 3.43. The predicted molar refractivity (Wildman–Crippen MR) is 76.1 cm³/mol. The number of pyridine rings is 1. The maximum absolute atomic E-state index is 12.7. The van der Waals surface area contributed by atoms with Crippen molar-refractivity contribution in [1.29, 1.82) is 0 Å². The van der Waals surface area contributed by atoms with Crippen molar-refractivity contribution in [3.63, 3.8) is 0 Å². The largest absolute Gasteiger partial charge is 0.478 e. The molecule has 0 aliphatic rings. The standard InChI is InChI=1S/C14H14F3NO2Si/c1-21(2,3)9-8-11-10(5-7-13(19)20)4-6-12(18-11)14(15,16)17/h4-7H,1-3H3,(H,19,20). The molecule has 112 valence electrons. The fourth-order valence-corrected chi connectivity index (χ4v) is 1.76. The number of rotatable bonds is 2. The van der Waals surface area contributed by atoms with E-state index in [2.05, 4.69) is 16.4 Å². The molecule has 1 rings (SSSR count). The fraction of sp³-hybridized carbons (Fsp3) is 0.286. The van der Waals surface area contributed by atoms with Crippen LogP contribution in [-0.4, -0.2) is 24.1 Å². The van der Waals surface area contributed by atoms with Gasteiger partial charge in [-0.3, -0.25) is 0 Å². The topological polar surface area (TPSA) is 50.2 Å². The minimum atomic E-state index is -4.56. The zero-order chi connectivity index (χ0) is 16.3. The first kappa shape index (κ1) is 17.0. The Labute approximate surface area is 121 Å². The van der Waals surface area contributed by atoms with Crippen LogP contribution in [0.15, 0.2) is 18.2 Å². The Morgan fingerprint density at radius 2 is 1.95 bits per heavy atom. The van der Waals surface area contributed by atoms with Crippen molar-refractivity contribution >= 4 is 20.1 Å². The molecule has 7 heteroatoms. The summed E-state index contributed by atoms with van der Waals surface area (Å²) in [6.45, 7) is 5.83. The lowest BCUT2D eigenvalue weighted by atomic mass is 10.1. The second-order valence-electron chi connectivity index (χ2n) is 5.30. The lowest BCUT2D eigenvalue weighted by Crippen LogP contribution is -2.16. The summed E-state index contributed by atoms with van der Waals surface area (Å²) >= 11 is 0. The van der Waals surface area contributed by atoms with Crippen molar-refractivity contribution in [2.24, 2.45) is 0 Å². The van der Waals surface area contributed by atoms with Gasteiger partial charge in [-0.15, -0.1) is 5.54 Å². The lowest BCUT2D eigenvalue weighted by molar-refractivity contribution is -0.141. The molecular weight excluding hydrogens is 299 g/mol. The van der Waals surface area contributed by atoms with E-state index in [1.54, 1.807) is 0 Å². The van der Waals surface area contributed by atoms with Crippen LogP contribution in [0.25, 0.3) is 6.08 Å². The van der Waals surface area contributed by atoms with Gasteiger partial charge in [0.15, 0.2) is 0 Å². The Bertz CT molecular complexity index is 634. The second kappa shape index (κ2) is 6.14. The van der Waals surface area contributed by atoms with Crippen LogP contribution in [0.3, 0.4) is 0 Å². The van der Waals surface area contributed by atoms with Crippen LogP contribution in [0.4, 0.5) is 13.2 Å². The van der Waals surface area contributed by atoms with E-state index in [1.165, 1.54) is 12.1 Å². The highest BCUT2D eigenvalue weighted by Gasteiger charge is 2.32. The van der Waals surface area contributed by atoms with Gasteiger partial charge in [0.2, 0.25) is 0 Å². The normalized spacial score (nSPS) is 12.1. The zero-order valence-corrected chi connectivity index (χ0v) is 12.7. The van der Waals surface area contributed by atoms with Crippen LogP contribution >= 0.6 is 0 Å². The summed E-state index contributed by atoms with van der Waals surface area (Å²) in [4.78, 5) is 14.0. The van der Waals surface area contributed by atoms with Crippen molar-refractivity contribution in [2.75, 3.05) is 0 Å². The van der Waals surface area contributed by atoms with Crippen molar-refractivity contribution in [3.05, 3.63) is 35.2 Å². The minimum absolute atomic E-state index is 0.0650. The van der Waals surface area contributed by atoms with Gasteiger partial charge < -0.3 is 5.11 Å². The number of nitrogens with zero attached hydrogens (tertiary/aromatic N) is 1. The third kappa shape index (κ3) is 5.83. The van der Waals surface area contributed by atoms with Crippen LogP contribution in [0, 0.1) is 11.5 Å². The van der Waals surface area contributed by atoms with E-state index in [9.17, 15) is 18.0 Å². The van der Waals surface area contributed by atoms with E-state index in [0.29, 0.717) is 0 Å². The Hall–Kier alpha value is -2.07. The van der Waals surface area contributed by atoms with Crippen LogP contribution in [0.5, 0.6) is 0 Å². The molecule has 0 radical (unpaired) electrons. The molecule has 1 aromatic heterocycles. The number of halogens is 3. The summed E-state index contributed by atoms with van der Waals surface area (Å²) < 4.78 is 38.0. The first-order valence-corrected chi connectivity index (χ1v) is 9.51. The highest BCUT2D eigenvalue weighted by molar-refractivity contribution is 6.83. The molecule has 1 N–H and O–H groups in total. The number of aromatic nitrogens is 1. The van der Waals surface area contributed by atoms with Crippen LogP contribution < -0.4 is 0 Å². The van der Waals surface area contributed by atoms with Gasteiger partial charge in [-0.2, -0.15) is 13.2 Å². The summed E-state index contributed by atoms with van der Waals surface area (Å²) in [5, 5.41) is 8.59. The summed E-state index contributed by atoms with van der Waals surface area (Å²) in [5.41, 5.74) is 2.06. The fourth-order valence-electron chi connectivity index (χ4n) is 1.27. The van der Waals surface area contributed by atoms with Gasteiger partial charge in [-0.25, -0.2) is 9.78 Å². The maximum Gasteiger partial charge on any atom is 0.433 e. The summed E-state index contributed by atoms with van der Waals surface area (Å²) in [6, 6.07) is 1.98. The second-order valence-corrected chi connectivity index (χ2v) is 10.1. The van der Waals surface area contributed by atoms with Crippen molar-refractivity contribution in [1.82, 2.24) is 4.98 Å². The SMILES string of the molecule is C[Si](C)(C)C#Cc1nc(C(F)(F)F)ccc1C=CC(=O)O. The van der Waals surface area contributed by atoms with Gasteiger partial charge in [0.05, 0.1) is 0 Å². The highest BCUT2D eigenvalue weighted by Crippen LogP contribution is 2.28. The molecule has 21 heavy (non-hydrogen) atoms. The summed E-state index contributed by atoms with van der Waals surface area (Å²) in [5.74, 6) is 1.45. The third-order valence-electron chi connectivity index (χ3n) is 2.18. The van der Waals surface area contributed by atoms with E-state index in [0.717, 1.165) is 12.1 Å². The third-order valence-corrected chi connectivity index (χ3v) is 3.05. The molecule has 1 aromatic rings. The van der Waals surface area contributed by atoms with Crippen molar-refractivity contribution < 1.29 is 23.1 Å². The van der Waals surface area contributed by atoms with E-state index >= 15 is 0 Å². The number of carbonyl (C=O) groups is 1. The van der Waals surface area contributed by atoms with Crippen LogP contribution in [0.2, 0.25) is 19.6 Å². The molecule has 0 saturated carbocycles. The van der Waals surface area contributed by atoms with Crippen LogP contribution in [-0.2, 0) is 11.0 Å². The average Bonchev–Trinajstić information content (AvgIpc) is 2.32. The van der Waals surface area contributed by atoms with Gasteiger partial charge in [-0.1, -0.05) is 25.6 Å². The van der Waals surface area contributed by atoms with E-state index in [1.807, 2.05) is 19.6 Å². The van der Waals surface area contributed by atoms with Gasteiger partial charge in [0.25, 0.3) is 0 Å². The van der Waals surface area contributed by atoms with Gasteiger partial charge in [-0.05, 0) is 18.2 Å². The van der Waals surface area contributed by atoms with Gasteiger partial charge in [0, 0.05) is 11.6 Å². The molecule has 0 spiro atoms. The van der Waals surface area contributed by atoms with E-state index < -0.39 is 25.9 Å². The minimum Gasteiger partial charge on any atom is -0.478 e. The molecule has 1 heterocycles. The van der Waals surface area contributed by atoms with Crippen molar-refractivity contribution in [3.8, 4) is 11.5 Å². The molecule has 0 amide bonds. The molecule has 0 saturated heterocycles. The molecule has 0 unspecified atom stereocenters. The maximum atomic E-state index is 12.7. The monoisotopic (exact) mass is 313 g/mol. The number of carboxylic acid groups (broad SMARTS) is 1. The Kier molecular flexibility index (Phi) is 4.96. The van der Waals surface area contributed by atoms with Gasteiger partial charge >= 0.3 is 12.1 Å². The number of alkyl halides is 3. The molecule has 0 bridgehead atoms. The highest BCUT2D eigenvalue weighted by atomic mass is 28.3. The molecule has 3 nitrogen and oxygen atoms in total. The van der Waals surface area contributed by atoms with Crippen LogP contribution in [0.1, 0.15) is 17.0 Å². The quantitative estimate of drug-likeness (QED) is 0.517. The first-order valence-electron chi connectivity index (χ1n) is 6.01. The van der Waals surface area contributed by atoms with E-state index in [-0.39, 0.29) is 11.3 Å². The molecular formula is C14H14F3NO2Si. The lowest BCUT2D eigenvalue weighted by Gasteiger charge is -2.08.